The molecular weight excluding hydrogens is 386 g/mol. The fourth-order valence-electron chi connectivity index (χ4n) is 3.40. The third kappa shape index (κ3) is 5.00. The standard InChI is InChI=1S/C21H23ClF2N2O2/c1-14-11-26(21(27)13-28-20-8-7-18(24)9-19(20)22)15(2)10-25(14)12-16-3-5-17(23)6-4-16/h3-9,14-15H,10-13H2,1-2H3/t14-,15+/m0/s1. The quantitative estimate of drug-likeness (QED) is 0.746. The Bertz CT molecular complexity index is 832. The highest BCUT2D eigenvalue weighted by atomic mass is 35.5. The second-order valence-electron chi connectivity index (χ2n) is 7.16. The van der Waals surface area contributed by atoms with E-state index in [1.165, 1.54) is 24.3 Å². The van der Waals surface area contributed by atoms with Crippen molar-refractivity contribution in [3.63, 3.8) is 0 Å². The van der Waals surface area contributed by atoms with Crippen molar-refractivity contribution in [3.05, 3.63) is 64.7 Å². The monoisotopic (exact) mass is 408 g/mol. The molecule has 2 aromatic carbocycles. The average molecular weight is 409 g/mol. The molecule has 1 amide bonds. The van der Waals surface area contributed by atoms with Crippen molar-refractivity contribution < 1.29 is 18.3 Å². The van der Waals surface area contributed by atoms with Gasteiger partial charge in [0.2, 0.25) is 0 Å². The molecule has 28 heavy (non-hydrogen) atoms. The zero-order chi connectivity index (χ0) is 20.3. The predicted octanol–water partition coefficient (Wildman–Crippen LogP) is 4.12. The number of carbonyl (C=O) groups excluding carboxylic acids is 1. The molecule has 150 valence electrons. The minimum absolute atomic E-state index is 0.0106. The summed E-state index contributed by atoms with van der Waals surface area (Å²) in [6.45, 7) is 5.89. The van der Waals surface area contributed by atoms with Crippen LogP contribution >= 0.6 is 11.6 Å². The molecule has 0 spiro atoms. The Morgan fingerprint density at radius 2 is 1.75 bits per heavy atom. The van der Waals surface area contributed by atoms with Crippen LogP contribution in [0.15, 0.2) is 42.5 Å². The maximum Gasteiger partial charge on any atom is 0.260 e. The molecular formula is C21H23ClF2N2O2. The minimum Gasteiger partial charge on any atom is -0.482 e. The van der Waals surface area contributed by atoms with Gasteiger partial charge in [-0.15, -0.1) is 0 Å². The van der Waals surface area contributed by atoms with E-state index in [2.05, 4.69) is 11.8 Å². The van der Waals surface area contributed by atoms with Gasteiger partial charge in [-0.25, -0.2) is 8.78 Å². The summed E-state index contributed by atoms with van der Waals surface area (Å²) in [7, 11) is 0. The van der Waals surface area contributed by atoms with Gasteiger partial charge in [0, 0.05) is 31.7 Å². The SMILES string of the molecule is C[C@@H]1CN(Cc2ccc(F)cc2)[C@@H](C)CN1C(=O)COc1ccc(F)cc1Cl. The maximum atomic E-state index is 13.1. The number of piperazine rings is 1. The Morgan fingerprint density at radius 3 is 2.43 bits per heavy atom. The fraction of sp³-hybridized carbons (Fsp3) is 0.381. The van der Waals surface area contributed by atoms with E-state index in [9.17, 15) is 13.6 Å². The molecule has 0 aromatic heterocycles. The number of halogens is 3. The van der Waals surface area contributed by atoms with Crippen LogP contribution in [0.25, 0.3) is 0 Å². The largest absolute Gasteiger partial charge is 0.482 e. The highest BCUT2D eigenvalue weighted by molar-refractivity contribution is 6.32. The molecule has 0 radical (unpaired) electrons. The van der Waals surface area contributed by atoms with Gasteiger partial charge in [-0.3, -0.25) is 9.69 Å². The normalized spacial score (nSPS) is 20.2. The highest BCUT2D eigenvalue weighted by Gasteiger charge is 2.32. The smallest absolute Gasteiger partial charge is 0.260 e. The number of amides is 1. The molecule has 7 heteroatoms. The van der Waals surface area contributed by atoms with Crippen molar-refractivity contribution in [2.75, 3.05) is 19.7 Å². The van der Waals surface area contributed by atoms with E-state index in [0.29, 0.717) is 19.6 Å². The molecule has 3 rings (SSSR count). The molecule has 1 heterocycles. The number of hydrogen-bond acceptors (Lipinski definition) is 3. The predicted molar refractivity (Wildman–Crippen MR) is 104 cm³/mol. The van der Waals surface area contributed by atoms with Gasteiger partial charge in [0.15, 0.2) is 6.61 Å². The summed E-state index contributed by atoms with van der Waals surface area (Å²) < 4.78 is 31.7. The van der Waals surface area contributed by atoms with Crippen LogP contribution in [-0.4, -0.2) is 47.5 Å². The van der Waals surface area contributed by atoms with Crippen LogP contribution in [0.2, 0.25) is 5.02 Å². The lowest BCUT2D eigenvalue weighted by Crippen LogP contribution is -2.58. The summed E-state index contributed by atoms with van der Waals surface area (Å²) in [5, 5.41) is 0.137. The van der Waals surface area contributed by atoms with Crippen LogP contribution in [0.1, 0.15) is 19.4 Å². The second kappa shape index (κ2) is 8.88. The summed E-state index contributed by atoms with van der Waals surface area (Å²) in [6.07, 6.45) is 0. The summed E-state index contributed by atoms with van der Waals surface area (Å²) in [6, 6.07) is 10.5. The zero-order valence-electron chi connectivity index (χ0n) is 15.9. The van der Waals surface area contributed by atoms with Crippen molar-refractivity contribution in [2.24, 2.45) is 0 Å². The molecule has 1 saturated heterocycles. The minimum atomic E-state index is -0.455. The third-order valence-electron chi connectivity index (χ3n) is 4.98. The Morgan fingerprint density at radius 1 is 1.07 bits per heavy atom. The average Bonchev–Trinajstić information content (AvgIpc) is 2.65. The molecule has 0 bridgehead atoms. The first kappa shape index (κ1) is 20.6. The summed E-state index contributed by atoms with van der Waals surface area (Å²) >= 11 is 5.94. The van der Waals surface area contributed by atoms with Crippen LogP contribution < -0.4 is 4.74 Å². The van der Waals surface area contributed by atoms with Crippen molar-refractivity contribution in [2.45, 2.75) is 32.5 Å². The van der Waals surface area contributed by atoms with Crippen molar-refractivity contribution in [3.8, 4) is 5.75 Å². The van der Waals surface area contributed by atoms with Crippen molar-refractivity contribution >= 4 is 17.5 Å². The summed E-state index contributed by atoms with van der Waals surface area (Å²) in [5.74, 6) is -0.557. The molecule has 0 N–H and O–H groups in total. The lowest BCUT2D eigenvalue weighted by Gasteiger charge is -2.44. The van der Waals surface area contributed by atoms with Gasteiger partial charge in [0.25, 0.3) is 5.91 Å². The van der Waals surface area contributed by atoms with Crippen molar-refractivity contribution in [1.82, 2.24) is 9.80 Å². The number of hydrogen-bond donors (Lipinski definition) is 0. The highest BCUT2D eigenvalue weighted by Crippen LogP contribution is 2.25. The van der Waals surface area contributed by atoms with Gasteiger partial charge >= 0.3 is 0 Å². The first-order valence-electron chi connectivity index (χ1n) is 9.19. The molecule has 4 nitrogen and oxygen atoms in total. The Labute approximate surface area is 168 Å². The lowest BCUT2D eigenvalue weighted by molar-refractivity contribution is -0.139. The molecule has 1 fully saturated rings. The molecule has 2 atom stereocenters. The number of carbonyl (C=O) groups is 1. The van der Waals surface area contributed by atoms with E-state index in [4.69, 9.17) is 16.3 Å². The number of ether oxygens (including phenoxy) is 1. The third-order valence-corrected chi connectivity index (χ3v) is 5.27. The molecule has 1 aliphatic rings. The van der Waals surface area contributed by atoms with Crippen LogP contribution in [0, 0.1) is 11.6 Å². The van der Waals surface area contributed by atoms with E-state index < -0.39 is 5.82 Å². The number of benzene rings is 2. The van der Waals surface area contributed by atoms with E-state index in [1.54, 1.807) is 17.0 Å². The van der Waals surface area contributed by atoms with Crippen LogP contribution in [0.4, 0.5) is 8.78 Å². The van der Waals surface area contributed by atoms with E-state index in [1.807, 2.05) is 6.92 Å². The topological polar surface area (TPSA) is 32.8 Å². The van der Waals surface area contributed by atoms with Gasteiger partial charge in [-0.1, -0.05) is 23.7 Å². The number of rotatable bonds is 5. The van der Waals surface area contributed by atoms with E-state index in [-0.39, 0.29) is 41.2 Å². The van der Waals surface area contributed by atoms with Gasteiger partial charge in [-0.05, 0) is 49.7 Å². The molecule has 0 saturated carbocycles. The Balaban J connectivity index is 1.57. The van der Waals surface area contributed by atoms with E-state index in [0.717, 1.165) is 11.6 Å². The van der Waals surface area contributed by atoms with Gasteiger partial charge in [0.1, 0.15) is 17.4 Å². The Hall–Kier alpha value is -2.18. The maximum absolute atomic E-state index is 13.1. The van der Waals surface area contributed by atoms with Gasteiger partial charge in [-0.2, -0.15) is 0 Å². The lowest BCUT2D eigenvalue weighted by atomic mass is 10.1. The van der Waals surface area contributed by atoms with Crippen molar-refractivity contribution in [1.29, 1.82) is 0 Å². The van der Waals surface area contributed by atoms with Crippen LogP contribution in [-0.2, 0) is 11.3 Å². The van der Waals surface area contributed by atoms with Gasteiger partial charge < -0.3 is 9.64 Å². The first-order valence-corrected chi connectivity index (χ1v) is 9.57. The van der Waals surface area contributed by atoms with Crippen LogP contribution in [0.3, 0.4) is 0 Å². The number of nitrogens with zero attached hydrogens (tertiary/aromatic N) is 2. The summed E-state index contributed by atoms with van der Waals surface area (Å²) in [5.41, 5.74) is 1.04. The van der Waals surface area contributed by atoms with Crippen LogP contribution in [0.5, 0.6) is 5.75 Å². The summed E-state index contributed by atoms with van der Waals surface area (Å²) in [4.78, 5) is 16.7. The van der Waals surface area contributed by atoms with E-state index >= 15 is 0 Å². The zero-order valence-corrected chi connectivity index (χ0v) is 16.6. The Kier molecular flexibility index (Phi) is 6.52. The molecule has 0 aliphatic carbocycles. The molecule has 2 aromatic rings. The molecule has 1 aliphatic heterocycles. The molecule has 0 unspecified atom stereocenters. The fourth-order valence-corrected chi connectivity index (χ4v) is 3.63. The second-order valence-corrected chi connectivity index (χ2v) is 7.57. The van der Waals surface area contributed by atoms with Gasteiger partial charge in [0.05, 0.1) is 5.02 Å². The first-order chi connectivity index (χ1) is 13.3.